The monoisotopic (exact) mass is 489 g/mol. The van der Waals surface area contributed by atoms with Gasteiger partial charge in [-0.05, 0) is 54.8 Å². The lowest BCUT2D eigenvalue weighted by Gasteiger charge is -2.15. The molecule has 33 heavy (non-hydrogen) atoms. The Morgan fingerprint density at radius 3 is 2.79 bits per heavy atom. The number of benzene rings is 1. The van der Waals surface area contributed by atoms with Gasteiger partial charge >= 0.3 is 10.2 Å². The molecular weight excluding hydrogens is 462 g/mol. The maximum Gasteiger partial charge on any atom is 0.345 e. The molecule has 3 N–H and O–H groups in total. The first-order valence-electron chi connectivity index (χ1n) is 10.7. The Balaban J connectivity index is 1.65. The van der Waals surface area contributed by atoms with Gasteiger partial charge in [0.05, 0.1) is 17.3 Å². The molecule has 1 aromatic heterocycles. The summed E-state index contributed by atoms with van der Waals surface area (Å²) in [5, 5.41) is 15.5. The standard InChI is InChI=1S/C22H27N5O4S2/c1-13-11-18(32-12-13)16(10-9-14-7-8-14)23-20-21(26-33(30,31)25-20)24-17-6-4-5-15(19(17)28)22(29)27(2)3/h4-6,11-12,14,16,28H,7-10H2,1-3H3,(H,23,25)(H,24,26)/t16-/m1/s1. The zero-order valence-corrected chi connectivity index (χ0v) is 20.3. The number of amides is 1. The van der Waals surface area contributed by atoms with E-state index in [4.69, 9.17) is 4.99 Å². The van der Waals surface area contributed by atoms with Gasteiger partial charge in [0.25, 0.3) is 5.91 Å². The van der Waals surface area contributed by atoms with Gasteiger partial charge in [0, 0.05) is 19.0 Å². The Hall–Kier alpha value is -2.92. The maximum absolute atomic E-state index is 12.3. The SMILES string of the molecule is Cc1csc([C@@H](CCC2CC2)N=C2NS(=O)(=O)N=C2Nc2cccc(C(=O)N(C)C)c2O)c1. The van der Waals surface area contributed by atoms with Crippen LogP contribution in [0.2, 0.25) is 0 Å². The molecule has 1 amide bonds. The van der Waals surface area contributed by atoms with Crippen molar-refractivity contribution in [1.82, 2.24) is 9.62 Å². The highest BCUT2D eigenvalue weighted by molar-refractivity contribution is 7.89. The minimum Gasteiger partial charge on any atom is -0.505 e. The molecule has 1 aliphatic heterocycles. The summed E-state index contributed by atoms with van der Waals surface area (Å²) in [6.07, 6.45) is 4.30. The summed E-state index contributed by atoms with van der Waals surface area (Å²) < 4.78 is 30.6. The predicted octanol–water partition coefficient (Wildman–Crippen LogP) is 3.45. The molecule has 0 spiro atoms. The van der Waals surface area contributed by atoms with Crippen LogP contribution in [0.3, 0.4) is 0 Å². The molecule has 0 saturated heterocycles. The summed E-state index contributed by atoms with van der Waals surface area (Å²) in [6.45, 7) is 2.02. The number of carbonyl (C=O) groups is 1. The van der Waals surface area contributed by atoms with Crippen LogP contribution in [0.15, 0.2) is 39.0 Å². The van der Waals surface area contributed by atoms with Crippen molar-refractivity contribution in [2.75, 3.05) is 19.4 Å². The van der Waals surface area contributed by atoms with E-state index in [1.54, 1.807) is 37.6 Å². The third kappa shape index (κ3) is 5.53. The number of phenolic OH excluding ortho intramolecular Hbond substituents is 1. The van der Waals surface area contributed by atoms with Gasteiger partial charge in [0.1, 0.15) is 0 Å². The first kappa shape index (κ1) is 23.2. The van der Waals surface area contributed by atoms with Gasteiger partial charge < -0.3 is 15.3 Å². The Kier molecular flexibility index (Phi) is 6.44. The molecule has 2 heterocycles. The lowest BCUT2D eigenvalue weighted by Crippen LogP contribution is -2.31. The van der Waals surface area contributed by atoms with Crippen LogP contribution in [-0.2, 0) is 10.2 Å². The summed E-state index contributed by atoms with van der Waals surface area (Å²) in [4.78, 5) is 19.5. The summed E-state index contributed by atoms with van der Waals surface area (Å²) in [5.74, 6) is 0.114. The van der Waals surface area contributed by atoms with Crippen LogP contribution in [0.5, 0.6) is 5.75 Å². The quantitative estimate of drug-likeness (QED) is 0.514. The minimum atomic E-state index is -3.97. The molecular formula is C22H27N5O4S2. The molecule has 1 fully saturated rings. The Bertz CT molecular complexity index is 1230. The van der Waals surface area contributed by atoms with E-state index in [1.165, 1.54) is 23.8 Å². The highest BCUT2D eigenvalue weighted by Crippen LogP contribution is 2.38. The topological polar surface area (TPSA) is 123 Å². The molecule has 1 aromatic carbocycles. The van der Waals surface area contributed by atoms with E-state index in [2.05, 4.69) is 25.9 Å². The maximum atomic E-state index is 12.3. The smallest absolute Gasteiger partial charge is 0.345 e. The third-order valence-electron chi connectivity index (χ3n) is 5.50. The fourth-order valence-corrected chi connectivity index (χ4v) is 5.35. The van der Waals surface area contributed by atoms with Gasteiger partial charge in [-0.25, -0.2) is 4.72 Å². The lowest BCUT2D eigenvalue weighted by atomic mass is 10.1. The first-order valence-corrected chi connectivity index (χ1v) is 13.0. The molecule has 176 valence electrons. The number of para-hydroxylation sites is 1. The number of nitrogens with zero attached hydrogens (tertiary/aromatic N) is 3. The molecule has 0 unspecified atom stereocenters. The van der Waals surface area contributed by atoms with Crippen molar-refractivity contribution in [3.05, 3.63) is 45.6 Å². The Morgan fingerprint density at radius 1 is 1.39 bits per heavy atom. The predicted molar refractivity (Wildman–Crippen MR) is 130 cm³/mol. The van der Waals surface area contributed by atoms with Crippen molar-refractivity contribution in [2.45, 2.75) is 38.6 Å². The van der Waals surface area contributed by atoms with E-state index in [0.717, 1.165) is 23.3 Å². The van der Waals surface area contributed by atoms with E-state index in [-0.39, 0.29) is 40.6 Å². The van der Waals surface area contributed by atoms with Gasteiger partial charge in [-0.2, -0.15) is 8.42 Å². The number of phenols is 1. The van der Waals surface area contributed by atoms with Crippen molar-refractivity contribution in [2.24, 2.45) is 15.3 Å². The summed E-state index contributed by atoms with van der Waals surface area (Å²) in [5.41, 5.74) is 1.39. The summed E-state index contributed by atoms with van der Waals surface area (Å²) in [7, 11) is -0.805. The number of carbonyl (C=O) groups excluding carboxylic acids is 1. The number of amidine groups is 2. The highest BCUT2D eigenvalue weighted by atomic mass is 32.2. The molecule has 9 nitrogen and oxygen atoms in total. The number of hydrogen-bond acceptors (Lipinski definition) is 7. The Morgan fingerprint density at radius 2 is 2.15 bits per heavy atom. The molecule has 1 saturated carbocycles. The number of anilines is 1. The molecule has 0 radical (unpaired) electrons. The number of aryl methyl sites for hydroxylation is 1. The van der Waals surface area contributed by atoms with Gasteiger partial charge in [-0.3, -0.25) is 9.79 Å². The van der Waals surface area contributed by atoms with Crippen molar-refractivity contribution >= 4 is 44.8 Å². The summed E-state index contributed by atoms with van der Waals surface area (Å²) in [6, 6.07) is 6.50. The molecule has 1 aliphatic carbocycles. The van der Waals surface area contributed by atoms with Gasteiger partial charge in [0.2, 0.25) is 0 Å². The van der Waals surface area contributed by atoms with Crippen molar-refractivity contribution in [3.63, 3.8) is 0 Å². The van der Waals surface area contributed by atoms with E-state index in [9.17, 15) is 18.3 Å². The van der Waals surface area contributed by atoms with Gasteiger partial charge in [-0.15, -0.1) is 15.7 Å². The third-order valence-corrected chi connectivity index (χ3v) is 7.52. The van der Waals surface area contributed by atoms with Crippen molar-refractivity contribution in [1.29, 1.82) is 0 Å². The van der Waals surface area contributed by atoms with E-state index >= 15 is 0 Å². The molecule has 11 heteroatoms. The average Bonchev–Trinajstić information content (AvgIpc) is 3.41. The van der Waals surface area contributed by atoms with E-state index < -0.39 is 10.2 Å². The molecule has 1 atom stereocenters. The van der Waals surface area contributed by atoms with E-state index in [1.807, 2.05) is 6.92 Å². The van der Waals surface area contributed by atoms with Gasteiger partial charge in [0.15, 0.2) is 17.4 Å². The number of hydrogen-bond donors (Lipinski definition) is 3. The van der Waals surface area contributed by atoms with E-state index in [0.29, 0.717) is 5.92 Å². The molecule has 0 bridgehead atoms. The fourth-order valence-electron chi connectivity index (χ4n) is 3.57. The van der Waals surface area contributed by atoms with Crippen LogP contribution in [0, 0.1) is 12.8 Å². The van der Waals surface area contributed by atoms with Crippen LogP contribution in [-0.4, -0.2) is 50.1 Å². The van der Waals surface area contributed by atoms with Crippen LogP contribution in [0.25, 0.3) is 0 Å². The zero-order valence-electron chi connectivity index (χ0n) is 18.7. The van der Waals surface area contributed by atoms with Crippen molar-refractivity contribution in [3.8, 4) is 5.75 Å². The lowest BCUT2D eigenvalue weighted by molar-refractivity contribution is 0.0824. The number of thiophene rings is 1. The van der Waals surface area contributed by atoms with Crippen LogP contribution < -0.4 is 10.0 Å². The molecule has 2 aliphatic rings. The van der Waals surface area contributed by atoms with Crippen LogP contribution in [0.4, 0.5) is 5.69 Å². The number of rotatable bonds is 7. The van der Waals surface area contributed by atoms with Crippen LogP contribution >= 0.6 is 11.3 Å². The molecule has 2 aromatic rings. The van der Waals surface area contributed by atoms with Crippen molar-refractivity contribution < 1.29 is 18.3 Å². The number of aliphatic imine (C=N–C) groups is 1. The minimum absolute atomic E-state index is 0.0237. The zero-order chi connectivity index (χ0) is 23.8. The first-order chi connectivity index (χ1) is 15.6. The van der Waals surface area contributed by atoms with Gasteiger partial charge in [-0.1, -0.05) is 18.9 Å². The molecule has 4 rings (SSSR count). The second kappa shape index (κ2) is 9.14. The largest absolute Gasteiger partial charge is 0.505 e. The second-order valence-corrected chi connectivity index (χ2v) is 10.9. The number of aromatic hydroxyl groups is 1. The highest BCUT2D eigenvalue weighted by Gasteiger charge is 2.30. The normalized spacial score (nSPS) is 19.1. The van der Waals surface area contributed by atoms with Crippen LogP contribution in [0.1, 0.15) is 52.5 Å². The number of nitrogens with one attached hydrogen (secondary N) is 2. The Labute approximate surface area is 197 Å². The fraction of sp³-hybridized carbons (Fsp3) is 0.409. The second-order valence-electron chi connectivity index (χ2n) is 8.58. The average molecular weight is 490 g/mol. The summed E-state index contributed by atoms with van der Waals surface area (Å²) >= 11 is 1.60.